The molecule has 104 valence electrons. The predicted octanol–water partition coefficient (Wildman–Crippen LogP) is 2.45. The molecule has 2 unspecified atom stereocenters. The smallest absolute Gasteiger partial charge is 0.223 e. The highest BCUT2D eigenvalue weighted by molar-refractivity contribution is 5.77. The third kappa shape index (κ3) is 1.59. The lowest BCUT2D eigenvalue weighted by Crippen LogP contribution is -2.32. The first-order chi connectivity index (χ1) is 9.60. The average molecular weight is 268 g/mol. The quantitative estimate of drug-likeness (QED) is 0.618. The third-order valence-electron chi connectivity index (χ3n) is 5.24. The topological polar surface area (TPSA) is 30.2 Å². The van der Waals surface area contributed by atoms with Gasteiger partial charge in [0.15, 0.2) is 6.20 Å². The second-order valence-electron chi connectivity index (χ2n) is 6.69. The second kappa shape index (κ2) is 3.95. The van der Waals surface area contributed by atoms with E-state index in [0.29, 0.717) is 11.5 Å². The normalized spacial score (nSPS) is 29.1. The lowest BCUT2D eigenvalue weighted by molar-refractivity contribution is -0.577. The van der Waals surface area contributed by atoms with Gasteiger partial charge in [0.1, 0.15) is 0 Å². The minimum atomic E-state index is 0.363. The van der Waals surface area contributed by atoms with E-state index in [-0.39, 0.29) is 0 Å². The van der Waals surface area contributed by atoms with Gasteiger partial charge in [-0.2, -0.15) is 4.73 Å². The van der Waals surface area contributed by atoms with E-state index >= 15 is 0 Å². The number of aromatic nitrogens is 1. The summed E-state index contributed by atoms with van der Waals surface area (Å²) in [5, 5.41) is 12.8. The van der Waals surface area contributed by atoms with Crippen LogP contribution in [0.15, 0.2) is 36.5 Å². The lowest BCUT2D eigenvalue weighted by atomic mass is 9.93. The molecule has 1 aliphatic carbocycles. The van der Waals surface area contributed by atoms with E-state index in [1.807, 2.05) is 18.2 Å². The summed E-state index contributed by atoms with van der Waals surface area (Å²) >= 11 is 0. The Bertz CT molecular complexity index is 682. The number of nitrogens with zero attached hydrogens (tertiary/aromatic N) is 2. The molecule has 1 aromatic heterocycles. The van der Waals surface area contributed by atoms with Gasteiger partial charge in [0.05, 0.1) is 0 Å². The van der Waals surface area contributed by atoms with E-state index in [9.17, 15) is 5.21 Å². The van der Waals surface area contributed by atoms with Crippen LogP contribution in [0.3, 0.4) is 0 Å². The predicted molar refractivity (Wildman–Crippen MR) is 79.4 cm³/mol. The van der Waals surface area contributed by atoms with E-state index in [2.05, 4.69) is 30.9 Å². The molecule has 2 aromatic rings. The number of benzene rings is 1. The molecule has 0 spiro atoms. The molecule has 1 aliphatic heterocycles. The van der Waals surface area contributed by atoms with Crippen LogP contribution in [0, 0.1) is 11.1 Å². The summed E-state index contributed by atoms with van der Waals surface area (Å²) in [6.45, 7) is 6.95. The molecule has 0 radical (unpaired) electrons. The van der Waals surface area contributed by atoms with E-state index in [0.717, 1.165) is 21.6 Å². The molecule has 2 atom stereocenters. The second-order valence-corrected chi connectivity index (χ2v) is 6.69. The first kappa shape index (κ1) is 12.2. The summed E-state index contributed by atoms with van der Waals surface area (Å²) in [5.41, 5.74) is 2.55. The average Bonchev–Trinajstić information content (AvgIpc) is 3.01. The molecule has 2 heterocycles. The van der Waals surface area contributed by atoms with Crippen molar-refractivity contribution >= 4 is 10.9 Å². The minimum absolute atomic E-state index is 0.363. The number of fused-ring (bicyclic) bond motifs is 2. The van der Waals surface area contributed by atoms with E-state index < -0.39 is 0 Å². The van der Waals surface area contributed by atoms with Crippen molar-refractivity contribution in [1.82, 2.24) is 4.90 Å². The molecule has 4 rings (SSSR count). The molecule has 3 nitrogen and oxygen atoms in total. The van der Waals surface area contributed by atoms with Crippen LogP contribution in [0.25, 0.3) is 10.9 Å². The van der Waals surface area contributed by atoms with Crippen LogP contribution in [-0.4, -0.2) is 24.0 Å². The van der Waals surface area contributed by atoms with Crippen molar-refractivity contribution in [1.29, 1.82) is 0 Å². The molecular weight excluding hydrogens is 248 g/mol. The maximum Gasteiger partial charge on any atom is 0.223 e. The highest BCUT2D eigenvalue weighted by atomic mass is 16.5. The summed E-state index contributed by atoms with van der Waals surface area (Å²) in [5.74, 6) is 0.811. The Hall–Kier alpha value is -1.61. The zero-order chi connectivity index (χ0) is 13.9. The Kier molecular flexibility index (Phi) is 2.40. The summed E-state index contributed by atoms with van der Waals surface area (Å²) in [4.78, 5) is 2.58. The van der Waals surface area contributed by atoms with Gasteiger partial charge < -0.3 is 5.21 Å². The number of hydrogen-bond donors (Lipinski definition) is 0. The van der Waals surface area contributed by atoms with Gasteiger partial charge in [-0.05, 0) is 43.9 Å². The molecular formula is C17H20N2O. The van der Waals surface area contributed by atoms with Gasteiger partial charge in [-0.15, -0.1) is 0 Å². The van der Waals surface area contributed by atoms with Crippen molar-refractivity contribution in [2.45, 2.75) is 31.7 Å². The highest BCUT2D eigenvalue weighted by Crippen LogP contribution is 2.59. The summed E-state index contributed by atoms with van der Waals surface area (Å²) in [7, 11) is 0. The van der Waals surface area contributed by atoms with Crippen LogP contribution in [0.5, 0.6) is 0 Å². The third-order valence-corrected chi connectivity index (χ3v) is 5.24. The van der Waals surface area contributed by atoms with Crippen molar-refractivity contribution < 1.29 is 4.73 Å². The van der Waals surface area contributed by atoms with Gasteiger partial charge >= 0.3 is 0 Å². The minimum Gasteiger partial charge on any atom is -0.618 e. The number of hydrogen-bond acceptors (Lipinski definition) is 2. The van der Waals surface area contributed by atoms with Crippen molar-refractivity contribution in [2.75, 3.05) is 13.1 Å². The largest absolute Gasteiger partial charge is 0.618 e. The Morgan fingerprint density at radius 2 is 2.20 bits per heavy atom. The van der Waals surface area contributed by atoms with E-state index in [1.54, 1.807) is 6.20 Å². The molecule has 0 bridgehead atoms. The monoisotopic (exact) mass is 268 g/mol. The van der Waals surface area contributed by atoms with Gasteiger partial charge in [0, 0.05) is 42.1 Å². The van der Waals surface area contributed by atoms with E-state index in [4.69, 9.17) is 0 Å². The first-order valence-electron chi connectivity index (χ1n) is 7.47. The maximum absolute atomic E-state index is 11.8. The fourth-order valence-corrected chi connectivity index (χ4v) is 3.87. The Balaban J connectivity index is 1.74. The van der Waals surface area contributed by atoms with Crippen molar-refractivity contribution in [3.8, 4) is 0 Å². The fraction of sp³-hybridized carbons (Fsp3) is 0.471. The molecule has 2 aliphatic rings. The summed E-state index contributed by atoms with van der Waals surface area (Å²) < 4.78 is 0.955. The highest BCUT2D eigenvalue weighted by Gasteiger charge is 2.60. The zero-order valence-corrected chi connectivity index (χ0v) is 12.0. The first-order valence-corrected chi connectivity index (χ1v) is 7.47. The molecule has 3 heteroatoms. The van der Waals surface area contributed by atoms with Crippen LogP contribution in [0.2, 0.25) is 0 Å². The Labute approximate surface area is 119 Å². The van der Waals surface area contributed by atoms with Crippen LogP contribution >= 0.6 is 0 Å². The van der Waals surface area contributed by atoms with Gasteiger partial charge in [0.25, 0.3) is 0 Å². The van der Waals surface area contributed by atoms with Gasteiger partial charge in [-0.3, -0.25) is 4.90 Å². The number of pyridine rings is 1. The number of likely N-dealkylation sites (tertiary alicyclic amines) is 1. The molecule has 1 aromatic carbocycles. The molecule has 0 N–H and O–H groups in total. The molecule has 20 heavy (non-hydrogen) atoms. The van der Waals surface area contributed by atoms with Crippen LogP contribution in [0.1, 0.15) is 25.8 Å². The summed E-state index contributed by atoms with van der Waals surface area (Å²) in [6, 6.07) is 10.9. The molecule has 2 fully saturated rings. The van der Waals surface area contributed by atoms with Crippen molar-refractivity contribution in [3.05, 3.63) is 47.3 Å². The number of piperidine rings is 1. The van der Waals surface area contributed by atoms with Crippen molar-refractivity contribution in [2.24, 2.45) is 5.92 Å². The molecule has 0 amide bonds. The summed E-state index contributed by atoms with van der Waals surface area (Å²) in [6.07, 6.45) is 2.88. The van der Waals surface area contributed by atoms with Gasteiger partial charge in [0.2, 0.25) is 5.52 Å². The van der Waals surface area contributed by atoms with Crippen LogP contribution in [-0.2, 0) is 5.41 Å². The Morgan fingerprint density at radius 3 is 2.95 bits per heavy atom. The number of rotatable bonds is 2. The Morgan fingerprint density at radius 1 is 1.35 bits per heavy atom. The fourth-order valence-electron chi connectivity index (χ4n) is 3.87. The van der Waals surface area contributed by atoms with Gasteiger partial charge in [-0.25, -0.2) is 0 Å². The maximum atomic E-state index is 11.8. The van der Waals surface area contributed by atoms with Crippen LogP contribution < -0.4 is 4.73 Å². The molecule has 1 saturated heterocycles. The van der Waals surface area contributed by atoms with Crippen LogP contribution in [0.4, 0.5) is 0 Å². The molecule has 1 saturated carbocycles. The zero-order valence-electron chi connectivity index (χ0n) is 12.0. The lowest BCUT2D eigenvalue weighted by Gasteiger charge is -2.24. The standard InChI is InChI=1S/C17H20N2O/c1-12(2)18-10-15-9-17(15,11-18)14-5-6-16-13(8-14)4-3-7-19(16)20/h3-8,12,15H,9-11H2,1-2H3. The van der Waals surface area contributed by atoms with Gasteiger partial charge in [-0.1, -0.05) is 6.07 Å². The SMILES string of the molecule is CC(C)N1CC2CC2(c2ccc3c(ccc[n+]3[O-])c2)C1. The van der Waals surface area contributed by atoms with E-state index in [1.165, 1.54) is 25.1 Å². The van der Waals surface area contributed by atoms with Crippen molar-refractivity contribution in [3.63, 3.8) is 0 Å².